The Kier molecular flexibility index (Phi) is 7.49. The molecule has 2 rings (SSSR count). The maximum Gasteiger partial charge on any atom is 0.416 e. The molecule has 0 amide bonds. The first-order valence-electron chi connectivity index (χ1n) is 9.82. The van der Waals surface area contributed by atoms with Crippen LogP contribution in [-0.2, 0) is 15.7 Å². The van der Waals surface area contributed by atoms with E-state index in [1.807, 2.05) is 13.8 Å². The van der Waals surface area contributed by atoms with Crippen LogP contribution in [0.2, 0.25) is 0 Å². The van der Waals surface area contributed by atoms with Crippen molar-refractivity contribution in [1.82, 2.24) is 5.32 Å². The van der Waals surface area contributed by atoms with Crippen LogP contribution in [0.1, 0.15) is 70.4 Å². The zero-order valence-electron chi connectivity index (χ0n) is 17.2. The van der Waals surface area contributed by atoms with Gasteiger partial charge in [-0.05, 0) is 50.0 Å². The number of esters is 1. The third kappa shape index (κ3) is 5.19. The van der Waals surface area contributed by atoms with E-state index < -0.39 is 29.4 Å². The van der Waals surface area contributed by atoms with Crippen LogP contribution >= 0.6 is 0 Å². The van der Waals surface area contributed by atoms with Crippen molar-refractivity contribution in [3.05, 3.63) is 57.7 Å². The highest BCUT2D eigenvalue weighted by molar-refractivity contribution is 5.92. The van der Waals surface area contributed by atoms with Crippen molar-refractivity contribution >= 4 is 5.97 Å². The number of halogens is 4. The highest BCUT2D eigenvalue weighted by Crippen LogP contribution is 2.44. The molecule has 7 heteroatoms. The monoisotopic (exact) mass is 413 g/mol. The molecular formula is C22H27F4NO2. The lowest BCUT2D eigenvalue weighted by molar-refractivity contribution is -0.141. The number of rotatable bonds is 7. The molecule has 1 aliphatic rings. The van der Waals surface area contributed by atoms with Crippen LogP contribution in [-0.4, -0.2) is 12.6 Å². The summed E-state index contributed by atoms with van der Waals surface area (Å²) in [5, 5.41) is 3.16. The van der Waals surface area contributed by atoms with Gasteiger partial charge in [-0.15, -0.1) is 0 Å². The van der Waals surface area contributed by atoms with E-state index in [9.17, 15) is 22.4 Å². The quantitative estimate of drug-likeness (QED) is 0.327. The Morgan fingerprint density at radius 1 is 1.17 bits per heavy atom. The van der Waals surface area contributed by atoms with Crippen LogP contribution in [0, 0.1) is 5.82 Å². The van der Waals surface area contributed by atoms with Crippen LogP contribution in [0.4, 0.5) is 17.6 Å². The number of alkyl halides is 3. The van der Waals surface area contributed by atoms with Gasteiger partial charge in [0.15, 0.2) is 0 Å². The molecule has 1 aromatic rings. The predicted molar refractivity (Wildman–Crippen MR) is 103 cm³/mol. The normalized spacial score (nSPS) is 17.4. The summed E-state index contributed by atoms with van der Waals surface area (Å²) in [4.78, 5) is 12.9. The highest BCUT2D eigenvalue weighted by atomic mass is 19.4. The first kappa shape index (κ1) is 23.0. The lowest BCUT2D eigenvalue weighted by Gasteiger charge is -2.32. The second-order valence-corrected chi connectivity index (χ2v) is 7.23. The Balaban J connectivity index is 2.67. The zero-order chi connectivity index (χ0) is 21.8. The van der Waals surface area contributed by atoms with E-state index in [1.54, 1.807) is 13.8 Å². The number of hydrogen-bond donors (Lipinski definition) is 1. The Morgan fingerprint density at radius 3 is 2.45 bits per heavy atom. The molecule has 0 aliphatic carbocycles. The van der Waals surface area contributed by atoms with Crippen molar-refractivity contribution in [1.29, 1.82) is 0 Å². The van der Waals surface area contributed by atoms with Gasteiger partial charge in [-0.2, -0.15) is 13.2 Å². The topological polar surface area (TPSA) is 38.3 Å². The molecule has 0 spiro atoms. The first-order valence-corrected chi connectivity index (χ1v) is 9.82. The third-order valence-electron chi connectivity index (χ3n) is 5.06. The van der Waals surface area contributed by atoms with E-state index in [2.05, 4.69) is 5.32 Å². The first-order chi connectivity index (χ1) is 13.6. The molecule has 1 atom stereocenters. The lowest BCUT2D eigenvalue weighted by Crippen LogP contribution is -2.30. The smallest absolute Gasteiger partial charge is 0.416 e. The van der Waals surface area contributed by atoms with E-state index in [0.29, 0.717) is 42.3 Å². The fourth-order valence-electron chi connectivity index (χ4n) is 3.49. The number of ether oxygens (including phenoxy) is 1. The van der Waals surface area contributed by atoms with Gasteiger partial charge >= 0.3 is 12.1 Å². The van der Waals surface area contributed by atoms with E-state index in [1.165, 1.54) is 0 Å². The Morgan fingerprint density at radius 2 is 1.86 bits per heavy atom. The molecule has 0 fully saturated rings. The van der Waals surface area contributed by atoms with Gasteiger partial charge in [0.1, 0.15) is 5.82 Å². The highest BCUT2D eigenvalue weighted by Gasteiger charge is 2.40. The van der Waals surface area contributed by atoms with E-state index in [-0.39, 0.29) is 17.7 Å². The summed E-state index contributed by atoms with van der Waals surface area (Å²) in [5.74, 6) is -2.56. The van der Waals surface area contributed by atoms with Crippen molar-refractivity contribution in [3.8, 4) is 0 Å². The molecule has 1 aromatic carbocycles. The van der Waals surface area contributed by atoms with Gasteiger partial charge in [0.25, 0.3) is 0 Å². The van der Waals surface area contributed by atoms with E-state index in [0.717, 1.165) is 18.6 Å². The Hall–Kier alpha value is -2.31. The summed E-state index contributed by atoms with van der Waals surface area (Å²) in [6.07, 6.45) is -2.08. The second-order valence-electron chi connectivity index (χ2n) is 7.23. The van der Waals surface area contributed by atoms with Crippen LogP contribution in [0.3, 0.4) is 0 Å². The molecule has 1 heterocycles. The minimum atomic E-state index is -4.75. The molecule has 29 heavy (non-hydrogen) atoms. The van der Waals surface area contributed by atoms with Crippen molar-refractivity contribution in [2.45, 2.75) is 65.5 Å². The van der Waals surface area contributed by atoms with Gasteiger partial charge in [0, 0.05) is 17.3 Å². The van der Waals surface area contributed by atoms with Gasteiger partial charge in [-0.1, -0.05) is 32.8 Å². The number of nitrogens with one attached hydrogen (secondary N) is 1. The number of dihydropyridines is 1. The predicted octanol–water partition coefficient (Wildman–Crippen LogP) is 6.22. The summed E-state index contributed by atoms with van der Waals surface area (Å²) in [6, 6.07) is 2.60. The summed E-state index contributed by atoms with van der Waals surface area (Å²) in [5.41, 5.74) is 0.757. The average Bonchev–Trinajstić information content (AvgIpc) is 2.64. The van der Waals surface area contributed by atoms with Crippen molar-refractivity contribution < 1.29 is 27.1 Å². The summed E-state index contributed by atoms with van der Waals surface area (Å²) < 4.78 is 60.1. The summed E-state index contributed by atoms with van der Waals surface area (Å²) in [6.45, 7) is 7.50. The standard InChI is InChI=1S/C22H27F4NO2/c1-5-7-11-29-21(28)20-18(8-6-2)27-14(4)13(3)19(20)16-10-9-15(23)12-17(16)22(24,25)26/h9-10,12,19,27H,5-8,11H2,1-4H3. The van der Waals surface area contributed by atoms with Crippen LogP contribution in [0.5, 0.6) is 0 Å². The molecule has 1 unspecified atom stereocenters. The van der Waals surface area contributed by atoms with Crippen LogP contribution in [0.15, 0.2) is 40.7 Å². The maximum atomic E-state index is 13.7. The molecule has 0 radical (unpaired) electrons. The van der Waals surface area contributed by atoms with Crippen LogP contribution in [0.25, 0.3) is 0 Å². The van der Waals surface area contributed by atoms with Gasteiger partial charge in [-0.25, -0.2) is 9.18 Å². The minimum absolute atomic E-state index is 0.145. The Bertz CT molecular complexity index is 825. The molecule has 0 saturated heterocycles. The second kappa shape index (κ2) is 9.46. The van der Waals surface area contributed by atoms with Crippen molar-refractivity contribution in [3.63, 3.8) is 0 Å². The number of benzene rings is 1. The molecule has 0 saturated carbocycles. The van der Waals surface area contributed by atoms with E-state index >= 15 is 0 Å². The number of hydrogen-bond acceptors (Lipinski definition) is 3. The Labute approximate surface area is 168 Å². The van der Waals surface area contributed by atoms with Gasteiger partial charge in [0.2, 0.25) is 0 Å². The third-order valence-corrected chi connectivity index (χ3v) is 5.06. The molecule has 0 bridgehead atoms. The summed E-state index contributed by atoms with van der Waals surface area (Å²) >= 11 is 0. The maximum absolute atomic E-state index is 13.7. The molecule has 3 nitrogen and oxygen atoms in total. The molecule has 1 aliphatic heterocycles. The van der Waals surface area contributed by atoms with Gasteiger partial charge in [0.05, 0.1) is 17.7 Å². The fourth-order valence-corrected chi connectivity index (χ4v) is 3.49. The number of allylic oxidation sites excluding steroid dienone is 3. The number of carbonyl (C=O) groups is 1. The van der Waals surface area contributed by atoms with Gasteiger partial charge in [-0.3, -0.25) is 0 Å². The van der Waals surface area contributed by atoms with Gasteiger partial charge < -0.3 is 10.1 Å². The fraction of sp³-hybridized carbons (Fsp3) is 0.500. The van der Waals surface area contributed by atoms with Crippen LogP contribution < -0.4 is 5.32 Å². The molecule has 0 aromatic heterocycles. The molecular weight excluding hydrogens is 386 g/mol. The number of carbonyl (C=O) groups excluding carboxylic acids is 1. The summed E-state index contributed by atoms with van der Waals surface area (Å²) in [7, 11) is 0. The van der Waals surface area contributed by atoms with Crippen molar-refractivity contribution in [2.75, 3.05) is 6.61 Å². The SMILES string of the molecule is CCCCOC(=O)C1=C(CCC)NC(C)=C(C)C1c1ccc(F)cc1C(F)(F)F. The average molecular weight is 413 g/mol. The largest absolute Gasteiger partial charge is 0.462 e. The lowest BCUT2D eigenvalue weighted by atomic mass is 9.78. The minimum Gasteiger partial charge on any atom is -0.462 e. The molecule has 1 N–H and O–H groups in total. The number of unbranched alkanes of at least 4 members (excludes halogenated alkanes) is 1. The molecule has 160 valence electrons. The van der Waals surface area contributed by atoms with E-state index in [4.69, 9.17) is 4.74 Å². The van der Waals surface area contributed by atoms with Crippen molar-refractivity contribution in [2.24, 2.45) is 0 Å². The zero-order valence-corrected chi connectivity index (χ0v) is 17.2.